The number of pyridine rings is 1. The lowest BCUT2D eigenvalue weighted by Gasteiger charge is -2.55. The molecule has 3 aromatic rings. The lowest BCUT2D eigenvalue weighted by atomic mass is 9.78. The molecule has 4 saturated heterocycles. The van der Waals surface area contributed by atoms with E-state index in [4.69, 9.17) is 19.9 Å². The summed E-state index contributed by atoms with van der Waals surface area (Å²) >= 11 is 0. The maximum absolute atomic E-state index is 16.7. The summed E-state index contributed by atoms with van der Waals surface area (Å²) in [5, 5.41) is 3.62. The van der Waals surface area contributed by atoms with Gasteiger partial charge in [-0.3, -0.25) is 4.90 Å². The molecule has 0 saturated carbocycles. The second-order valence-electron chi connectivity index (χ2n) is 13.5. The van der Waals surface area contributed by atoms with E-state index in [1.807, 2.05) is 9.80 Å². The van der Waals surface area contributed by atoms with Crippen molar-refractivity contribution in [1.82, 2.24) is 25.2 Å². The lowest BCUT2D eigenvalue weighted by molar-refractivity contribution is -0.191. The number of nitrogens with two attached hydrogens (primary N) is 1. The van der Waals surface area contributed by atoms with Crippen molar-refractivity contribution < 1.29 is 40.6 Å². The molecule has 1 aromatic carbocycles. The van der Waals surface area contributed by atoms with Crippen LogP contribution in [0.15, 0.2) is 6.07 Å². The molecule has 10 nitrogen and oxygen atoms in total. The standard InChI is InChI=1S/C31H33F6N7O3/c1-13-21(31(35,36)37)17(5-18(38)22(13)33)24-23(34)25-20-27(44-7-16-3-4-19(39-16)26(44)14(2)47-28(20)40-24)42-29(41-25)46-8-15(32)6-43-9-30(10-43)11-45-12-30/h5,14-16,19,26,39H,3-4,6-12,38H2,1-2H3/t14-,15+,16+,19-,26+/m0/s1. The minimum absolute atomic E-state index is 0.00995. The molecule has 252 valence electrons. The summed E-state index contributed by atoms with van der Waals surface area (Å²) in [5.74, 6) is -2.44. The van der Waals surface area contributed by atoms with Crippen LogP contribution in [0.25, 0.3) is 22.2 Å². The number of halogens is 6. The van der Waals surface area contributed by atoms with Crippen molar-refractivity contribution in [3.63, 3.8) is 0 Å². The number of aromatic nitrogens is 3. The summed E-state index contributed by atoms with van der Waals surface area (Å²) in [5.41, 5.74) is 1.08. The van der Waals surface area contributed by atoms with Gasteiger partial charge in [0.1, 0.15) is 47.1 Å². The molecule has 8 rings (SSSR count). The molecule has 47 heavy (non-hydrogen) atoms. The van der Waals surface area contributed by atoms with Gasteiger partial charge in [0.25, 0.3) is 0 Å². The minimum atomic E-state index is -5.08. The van der Waals surface area contributed by atoms with Crippen molar-refractivity contribution in [1.29, 1.82) is 0 Å². The number of benzene rings is 1. The number of nitrogen functional groups attached to an aromatic ring is 1. The van der Waals surface area contributed by atoms with E-state index in [0.717, 1.165) is 32.9 Å². The van der Waals surface area contributed by atoms with Gasteiger partial charge in [0.05, 0.1) is 30.5 Å². The topological polar surface area (TPSA) is 111 Å². The maximum atomic E-state index is 16.7. The Morgan fingerprint density at radius 3 is 2.62 bits per heavy atom. The highest BCUT2D eigenvalue weighted by atomic mass is 19.4. The summed E-state index contributed by atoms with van der Waals surface area (Å²) in [6, 6.07) is 0.188. The smallest absolute Gasteiger partial charge is 0.417 e. The van der Waals surface area contributed by atoms with E-state index in [9.17, 15) is 17.6 Å². The molecule has 3 N–H and O–H groups in total. The molecule has 5 aliphatic heterocycles. The van der Waals surface area contributed by atoms with Gasteiger partial charge in [-0.15, -0.1) is 0 Å². The highest BCUT2D eigenvalue weighted by Gasteiger charge is 2.50. The Bertz CT molecular complexity index is 1760. The molecule has 0 amide bonds. The molecule has 1 spiro atoms. The average Bonchev–Trinajstić information content (AvgIpc) is 3.29. The van der Waals surface area contributed by atoms with E-state index in [0.29, 0.717) is 25.8 Å². The lowest BCUT2D eigenvalue weighted by Crippen LogP contribution is -2.66. The number of hydrogen-bond donors (Lipinski definition) is 2. The monoisotopic (exact) mass is 665 g/mol. The van der Waals surface area contributed by atoms with Crippen molar-refractivity contribution in [3.05, 3.63) is 28.8 Å². The zero-order chi connectivity index (χ0) is 33.0. The number of piperazine rings is 1. The molecule has 0 radical (unpaired) electrons. The Kier molecular flexibility index (Phi) is 6.98. The number of rotatable bonds is 6. The van der Waals surface area contributed by atoms with Crippen LogP contribution in [-0.2, 0) is 10.9 Å². The Hall–Kier alpha value is -3.63. The van der Waals surface area contributed by atoms with Gasteiger partial charge in [0.2, 0.25) is 5.88 Å². The summed E-state index contributed by atoms with van der Waals surface area (Å²) in [7, 11) is 0. The van der Waals surface area contributed by atoms with Crippen LogP contribution in [0.3, 0.4) is 0 Å². The molecule has 16 heteroatoms. The first-order chi connectivity index (χ1) is 22.3. The molecule has 5 atom stereocenters. The molecule has 7 heterocycles. The number of hydrogen-bond acceptors (Lipinski definition) is 10. The van der Waals surface area contributed by atoms with Crippen molar-refractivity contribution in [2.24, 2.45) is 5.41 Å². The Morgan fingerprint density at radius 2 is 1.91 bits per heavy atom. The average molecular weight is 666 g/mol. The van der Waals surface area contributed by atoms with Gasteiger partial charge < -0.3 is 30.2 Å². The molecule has 0 aliphatic carbocycles. The van der Waals surface area contributed by atoms with Crippen LogP contribution < -0.4 is 25.4 Å². The third-order valence-electron chi connectivity index (χ3n) is 10.1. The van der Waals surface area contributed by atoms with Crippen LogP contribution in [0.4, 0.5) is 37.8 Å². The first kappa shape index (κ1) is 30.7. The predicted octanol–water partition coefficient (Wildman–Crippen LogP) is 4.02. The highest BCUT2D eigenvalue weighted by Crippen LogP contribution is 2.47. The van der Waals surface area contributed by atoms with Crippen molar-refractivity contribution in [3.8, 4) is 23.1 Å². The van der Waals surface area contributed by atoms with E-state index in [1.165, 1.54) is 0 Å². The third-order valence-corrected chi connectivity index (χ3v) is 10.1. The van der Waals surface area contributed by atoms with Crippen LogP contribution in [0.5, 0.6) is 11.9 Å². The van der Waals surface area contributed by atoms with Crippen molar-refractivity contribution in [2.45, 2.75) is 63.3 Å². The fourth-order valence-corrected chi connectivity index (χ4v) is 8.01. The Morgan fingerprint density at radius 1 is 1.15 bits per heavy atom. The molecule has 4 fully saturated rings. The van der Waals surface area contributed by atoms with Crippen LogP contribution in [0.2, 0.25) is 0 Å². The quantitative estimate of drug-likeness (QED) is 0.296. The van der Waals surface area contributed by atoms with Crippen LogP contribution >= 0.6 is 0 Å². The molecule has 2 aromatic heterocycles. The fourth-order valence-electron chi connectivity index (χ4n) is 8.01. The van der Waals surface area contributed by atoms with Gasteiger partial charge in [-0.25, -0.2) is 18.2 Å². The number of fused-ring (bicyclic) bond motifs is 5. The van der Waals surface area contributed by atoms with Gasteiger partial charge in [0.15, 0.2) is 5.82 Å². The van der Waals surface area contributed by atoms with E-state index >= 15 is 8.78 Å². The summed E-state index contributed by atoms with van der Waals surface area (Å²) < 4.78 is 107. The summed E-state index contributed by atoms with van der Waals surface area (Å²) in [4.78, 5) is 17.1. The van der Waals surface area contributed by atoms with Crippen molar-refractivity contribution in [2.75, 3.05) is 56.6 Å². The fraction of sp³-hybridized carbons (Fsp3) is 0.581. The molecule has 5 aliphatic rings. The summed E-state index contributed by atoms with van der Waals surface area (Å²) in [6.45, 7) is 5.70. The van der Waals surface area contributed by atoms with E-state index in [2.05, 4.69) is 20.3 Å². The van der Waals surface area contributed by atoms with Crippen LogP contribution in [0, 0.1) is 24.0 Å². The second-order valence-corrected chi connectivity index (χ2v) is 13.5. The SMILES string of the molecule is Cc1c(F)c(N)cc(-c2nc3c4c(nc(OC[C@H](F)CN5CC6(COC6)C5)nc4c2F)N2C[C@H]4CC[C@H](N4)[C@H]2[C@H](C)O3)c1C(F)(F)F. The number of ether oxygens (including phenoxy) is 3. The maximum Gasteiger partial charge on any atom is 0.417 e. The first-order valence-corrected chi connectivity index (χ1v) is 15.7. The van der Waals surface area contributed by atoms with Gasteiger partial charge in [-0.1, -0.05) is 0 Å². The van der Waals surface area contributed by atoms with Gasteiger partial charge in [0, 0.05) is 49.2 Å². The Labute approximate surface area is 265 Å². The van der Waals surface area contributed by atoms with Gasteiger partial charge in [-0.2, -0.15) is 23.1 Å². The molecular weight excluding hydrogens is 632 g/mol. The largest absolute Gasteiger partial charge is 0.472 e. The number of likely N-dealkylation sites (tertiary alicyclic amines) is 1. The van der Waals surface area contributed by atoms with E-state index in [1.54, 1.807) is 6.92 Å². The molecule has 2 bridgehead atoms. The zero-order valence-corrected chi connectivity index (χ0v) is 25.6. The molecular formula is C31H33F6N7O3. The minimum Gasteiger partial charge on any atom is -0.472 e. The zero-order valence-electron chi connectivity index (χ0n) is 25.6. The first-order valence-electron chi connectivity index (χ1n) is 15.7. The van der Waals surface area contributed by atoms with Gasteiger partial charge in [-0.05, 0) is 38.3 Å². The number of nitrogens with zero attached hydrogens (tertiary/aromatic N) is 5. The van der Waals surface area contributed by atoms with Gasteiger partial charge >= 0.3 is 12.2 Å². The number of alkyl halides is 4. The van der Waals surface area contributed by atoms with E-state index in [-0.39, 0.29) is 53.2 Å². The number of anilines is 2. The highest BCUT2D eigenvalue weighted by molar-refractivity contribution is 5.97. The van der Waals surface area contributed by atoms with Crippen molar-refractivity contribution >= 4 is 22.4 Å². The van der Waals surface area contributed by atoms with Crippen LogP contribution in [-0.4, -0.2) is 96.3 Å². The normalized spacial score (nSPS) is 26.8. The third kappa shape index (κ3) is 4.93. The van der Waals surface area contributed by atoms with Crippen LogP contribution in [0.1, 0.15) is 30.9 Å². The predicted molar refractivity (Wildman–Crippen MR) is 158 cm³/mol. The van der Waals surface area contributed by atoms with E-state index < -0.39 is 70.3 Å². The molecule has 0 unspecified atom stereocenters. The second kappa shape index (κ2) is 10.7. The Balaban J connectivity index is 1.23. The number of nitrogens with one attached hydrogen (secondary N) is 1. The summed E-state index contributed by atoms with van der Waals surface area (Å²) in [6.07, 6.45) is -5.30.